The van der Waals surface area contributed by atoms with E-state index in [1.165, 1.54) is 34.4 Å². The Morgan fingerprint density at radius 1 is 1.00 bits per heavy atom. The first kappa shape index (κ1) is 20.1. The SMILES string of the molecule is O=c1c2sc(-c3ccccc3)cc2ncn1Cc1nc(-c2cccc(C(F)(F)F)c2)no1. The number of halogens is 3. The summed E-state index contributed by atoms with van der Waals surface area (Å²) in [7, 11) is 0. The van der Waals surface area contributed by atoms with Crippen molar-refractivity contribution in [1.82, 2.24) is 19.7 Å². The maximum atomic E-state index is 13.0. The van der Waals surface area contributed by atoms with E-state index in [2.05, 4.69) is 15.1 Å². The maximum absolute atomic E-state index is 13.0. The fourth-order valence-corrected chi connectivity index (χ4v) is 4.28. The highest BCUT2D eigenvalue weighted by Gasteiger charge is 2.30. The van der Waals surface area contributed by atoms with Crippen molar-refractivity contribution in [3.63, 3.8) is 0 Å². The smallest absolute Gasteiger partial charge is 0.337 e. The van der Waals surface area contributed by atoms with Crippen molar-refractivity contribution in [2.75, 3.05) is 0 Å². The van der Waals surface area contributed by atoms with Gasteiger partial charge in [0.25, 0.3) is 5.56 Å². The van der Waals surface area contributed by atoms with Crippen LogP contribution in [0.1, 0.15) is 11.5 Å². The van der Waals surface area contributed by atoms with Gasteiger partial charge < -0.3 is 4.52 Å². The third-order valence-electron chi connectivity index (χ3n) is 4.78. The molecule has 10 heteroatoms. The van der Waals surface area contributed by atoms with Crippen LogP contribution >= 0.6 is 11.3 Å². The number of alkyl halides is 3. The number of rotatable bonds is 4. The molecular weight excluding hydrogens is 441 g/mol. The van der Waals surface area contributed by atoms with E-state index in [1.807, 2.05) is 36.4 Å². The monoisotopic (exact) mass is 454 g/mol. The molecule has 0 aliphatic rings. The maximum Gasteiger partial charge on any atom is 0.416 e. The molecule has 32 heavy (non-hydrogen) atoms. The Balaban J connectivity index is 1.44. The summed E-state index contributed by atoms with van der Waals surface area (Å²) >= 11 is 1.34. The van der Waals surface area contributed by atoms with E-state index >= 15 is 0 Å². The summed E-state index contributed by atoms with van der Waals surface area (Å²) in [6.07, 6.45) is -3.09. The summed E-state index contributed by atoms with van der Waals surface area (Å²) in [5.74, 6) is 0.0937. The van der Waals surface area contributed by atoms with Gasteiger partial charge in [-0.15, -0.1) is 11.3 Å². The second-order valence-corrected chi connectivity index (χ2v) is 8.01. The van der Waals surface area contributed by atoms with Crippen LogP contribution in [0.5, 0.6) is 0 Å². The minimum Gasteiger partial charge on any atom is -0.337 e. The topological polar surface area (TPSA) is 73.8 Å². The molecule has 3 aromatic heterocycles. The minimum atomic E-state index is -4.48. The molecule has 0 saturated heterocycles. The van der Waals surface area contributed by atoms with Crippen molar-refractivity contribution in [2.45, 2.75) is 12.7 Å². The molecule has 6 nitrogen and oxygen atoms in total. The van der Waals surface area contributed by atoms with Gasteiger partial charge >= 0.3 is 6.18 Å². The zero-order valence-corrected chi connectivity index (χ0v) is 17.0. The number of fused-ring (bicyclic) bond motifs is 1. The third kappa shape index (κ3) is 3.80. The van der Waals surface area contributed by atoms with Crippen molar-refractivity contribution in [2.24, 2.45) is 0 Å². The van der Waals surface area contributed by atoms with Gasteiger partial charge in [-0.3, -0.25) is 9.36 Å². The molecule has 0 aliphatic heterocycles. The van der Waals surface area contributed by atoms with Gasteiger partial charge in [0, 0.05) is 10.4 Å². The van der Waals surface area contributed by atoms with Crippen LogP contribution in [-0.2, 0) is 12.7 Å². The van der Waals surface area contributed by atoms with Gasteiger partial charge in [-0.1, -0.05) is 47.6 Å². The van der Waals surface area contributed by atoms with Gasteiger partial charge in [0.2, 0.25) is 11.7 Å². The molecule has 2 aromatic carbocycles. The number of nitrogens with zero attached hydrogens (tertiary/aromatic N) is 4. The molecule has 0 spiro atoms. The second kappa shape index (κ2) is 7.72. The molecule has 5 rings (SSSR count). The lowest BCUT2D eigenvalue weighted by Crippen LogP contribution is -2.20. The molecule has 5 aromatic rings. The van der Waals surface area contributed by atoms with E-state index in [1.54, 1.807) is 0 Å². The molecule has 0 amide bonds. The average molecular weight is 454 g/mol. The van der Waals surface area contributed by atoms with Gasteiger partial charge in [-0.25, -0.2) is 4.98 Å². The predicted molar refractivity (Wildman–Crippen MR) is 113 cm³/mol. The Labute approximate surface area is 182 Å². The highest BCUT2D eigenvalue weighted by atomic mass is 32.1. The second-order valence-electron chi connectivity index (χ2n) is 6.96. The van der Waals surface area contributed by atoms with Gasteiger partial charge in [-0.05, 0) is 23.8 Å². The lowest BCUT2D eigenvalue weighted by Gasteiger charge is -2.06. The van der Waals surface area contributed by atoms with E-state index in [4.69, 9.17) is 4.52 Å². The highest BCUT2D eigenvalue weighted by Crippen LogP contribution is 2.32. The highest BCUT2D eigenvalue weighted by molar-refractivity contribution is 7.22. The van der Waals surface area contributed by atoms with E-state index < -0.39 is 11.7 Å². The Morgan fingerprint density at radius 2 is 1.78 bits per heavy atom. The Kier molecular flexibility index (Phi) is 4.86. The van der Waals surface area contributed by atoms with Crippen molar-refractivity contribution in [1.29, 1.82) is 0 Å². The van der Waals surface area contributed by atoms with Gasteiger partial charge in [0.1, 0.15) is 11.2 Å². The fraction of sp³-hybridized carbons (Fsp3) is 0.0909. The number of hydrogen-bond donors (Lipinski definition) is 0. The van der Waals surface area contributed by atoms with Gasteiger partial charge in [0.05, 0.1) is 17.4 Å². The quantitative estimate of drug-likeness (QED) is 0.371. The standard InChI is InChI=1S/C22H13F3N4O2S/c23-22(24,25)15-8-4-7-14(9-15)20-27-18(31-28-20)11-29-12-26-16-10-17(32-19(16)21(29)30)13-5-2-1-3-6-13/h1-10,12H,11H2. The molecule has 0 N–H and O–H groups in total. The summed E-state index contributed by atoms with van der Waals surface area (Å²) in [6.45, 7) is -0.0493. The Hall–Kier alpha value is -3.79. The molecule has 3 heterocycles. The molecule has 0 aliphatic carbocycles. The Bertz CT molecular complexity index is 1470. The van der Waals surface area contributed by atoms with Crippen molar-refractivity contribution in [3.05, 3.63) is 88.8 Å². The molecule has 0 fully saturated rings. The molecule has 0 bridgehead atoms. The summed E-state index contributed by atoms with van der Waals surface area (Å²) in [4.78, 5) is 22.3. The molecular formula is C22H13F3N4O2S. The van der Waals surface area contributed by atoms with Crippen LogP contribution < -0.4 is 5.56 Å². The molecule has 0 atom stereocenters. The lowest BCUT2D eigenvalue weighted by atomic mass is 10.1. The van der Waals surface area contributed by atoms with Gasteiger partial charge in [-0.2, -0.15) is 18.2 Å². The van der Waals surface area contributed by atoms with Crippen molar-refractivity contribution in [3.8, 4) is 21.8 Å². The fourth-order valence-electron chi connectivity index (χ4n) is 3.22. The average Bonchev–Trinajstić information content (AvgIpc) is 3.44. The molecule has 160 valence electrons. The first-order chi connectivity index (χ1) is 15.4. The summed E-state index contributed by atoms with van der Waals surface area (Å²) in [5, 5.41) is 3.75. The van der Waals surface area contributed by atoms with Crippen LogP contribution in [0.2, 0.25) is 0 Å². The van der Waals surface area contributed by atoms with Crippen LogP contribution in [0.4, 0.5) is 13.2 Å². The normalized spacial score (nSPS) is 11.8. The van der Waals surface area contributed by atoms with E-state index in [-0.39, 0.29) is 29.4 Å². The zero-order valence-electron chi connectivity index (χ0n) is 16.2. The predicted octanol–water partition coefficient (Wildman–Crippen LogP) is 5.24. The largest absolute Gasteiger partial charge is 0.416 e. The van der Waals surface area contributed by atoms with Crippen LogP contribution in [0.15, 0.2) is 76.3 Å². The minimum absolute atomic E-state index is 0.00988. The molecule has 0 unspecified atom stereocenters. The van der Waals surface area contributed by atoms with E-state index in [0.717, 1.165) is 22.6 Å². The van der Waals surface area contributed by atoms with E-state index in [9.17, 15) is 18.0 Å². The molecule has 0 radical (unpaired) electrons. The number of aromatic nitrogens is 4. The van der Waals surface area contributed by atoms with E-state index in [0.29, 0.717) is 10.2 Å². The Morgan fingerprint density at radius 3 is 2.56 bits per heavy atom. The van der Waals surface area contributed by atoms with Crippen LogP contribution in [0, 0.1) is 0 Å². The number of benzene rings is 2. The zero-order chi connectivity index (χ0) is 22.3. The molecule has 0 saturated carbocycles. The first-order valence-corrected chi connectivity index (χ1v) is 10.2. The van der Waals surface area contributed by atoms with Crippen LogP contribution in [-0.4, -0.2) is 19.7 Å². The van der Waals surface area contributed by atoms with Crippen molar-refractivity contribution < 1.29 is 17.7 Å². The lowest BCUT2D eigenvalue weighted by molar-refractivity contribution is -0.137. The summed E-state index contributed by atoms with van der Waals surface area (Å²) in [6, 6.07) is 16.2. The number of hydrogen-bond acceptors (Lipinski definition) is 6. The van der Waals surface area contributed by atoms with Crippen LogP contribution in [0.3, 0.4) is 0 Å². The van der Waals surface area contributed by atoms with Crippen LogP contribution in [0.25, 0.3) is 32.0 Å². The van der Waals surface area contributed by atoms with Crippen molar-refractivity contribution >= 4 is 21.6 Å². The summed E-state index contributed by atoms with van der Waals surface area (Å²) in [5.41, 5.74) is 0.677. The first-order valence-electron chi connectivity index (χ1n) is 9.43. The third-order valence-corrected chi connectivity index (χ3v) is 5.95. The van der Waals surface area contributed by atoms with Gasteiger partial charge in [0.15, 0.2) is 0 Å². The summed E-state index contributed by atoms with van der Waals surface area (Å²) < 4.78 is 45.8. The number of thiophene rings is 1.